The van der Waals surface area contributed by atoms with Gasteiger partial charge >= 0.3 is 0 Å². The first-order valence-electron chi connectivity index (χ1n) is 9.26. The molecule has 1 aliphatic heterocycles. The maximum atomic E-state index is 13.2. The van der Waals surface area contributed by atoms with Crippen LogP contribution in [-0.2, 0) is 11.2 Å². The summed E-state index contributed by atoms with van der Waals surface area (Å²) in [5, 5.41) is 7.53. The van der Waals surface area contributed by atoms with Crippen LogP contribution in [0.1, 0.15) is 46.4 Å². The maximum Gasteiger partial charge on any atom is 0.226 e. The Hall–Kier alpha value is -2.73. The molecule has 1 atom stereocenters. The van der Waals surface area contributed by atoms with Crippen LogP contribution in [0.3, 0.4) is 0 Å². The summed E-state index contributed by atoms with van der Waals surface area (Å²) in [5.74, 6) is -0.161. The van der Waals surface area contributed by atoms with Gasteiger partial charge in [-0.25, -0.2) is 4.68 Å². The number of benzene rings is 2. The van der Waals surface area contributed by atoms with Crippen molar-refractivity contribution in [2.45, 2.75) is 32.6 Å². The first-order chi connectivity index (χ1) is 13.5. The van der Waals surface area contributed by atoms with Crippen LogP contribution in [0.25, 0.3) is 5.69 Å². The molecule has 5 nitrogen and oxygen atoms in total. The van der Waals surface area contributed by atoms with Crippen LogP contribution in [0.15, 0.2) is 53.0 Å². The zero-order chi connectivity index (χ0) is 19.8. The molecule has 0 radical (unpaired) electrons. The molecule has 6 heteroatoms. The predicted molar refractivity (Wildman–Crippen MR) is 112 cm³/mol. The molecule has 1 N–H and O–H groups in total. The number of amides is 1. The van der Waals surface area contributed by atoms with Gasteiger partial charge in [0.15, 0.2) is 5.78 Å². The molecule has 0 aliphatic carbocycles. The van der Waals surface area contributed by atoms with Crippen LogP contribution >= 0.6 is 15.9 Å². The zero-order valence-corrected chi connectivity index (χ0v) is 17.3. The van der Waals surface area contributed by atoms with Crippen molar-refractivity contribution in [3.63, 3.8) is 0 Å². The first kappa shape index (κ1) is 18.6. The van der Waals surface area contributed by atoms with E-state index < -0.39 is 5.92 Å². The quantitative estimate of drug-likeness (QED) is 0.595. The van der Waals surface area contributed by atoms with Crippen LogP contribution in [0.5, 0.6) is 0 Å². The normalized spacial score (nSPS) is 15.8. The van der Waals surface area contributed by atoms with E-state index in [9.17, 15) is 9.59 Å². The Morgan fingerprint density at radius 1 is 1.18 bits per heavy atom. The van der Waals surface area contributed by atoms with Crippen LogP contribution in [0.2, 0.25) is 0 Å². The van der Waals surface area contributed by atoms with Crippen LogP contribution in [0.4, 0.5) is 5.82 Å². The SMILES string of the molecule is CCc1ccc(C(=O)C2CC(=O)Nc3c2c(C)nn3-c2ccc(Br)cc2)cc1. The fraction of sp³-hybridized carbons (Fsp3) is 0.227. The molecule has 1 aliphatic rings. The number of anilines is 1. The second-order valence-electron chi connectivity index (χ2n) is 6.96. The highest BCUT2D eigenvalue weighted by atomic mass is 79.9. The van der Waals surface area contributed by atoms with E-state index >= 15 is 0 Å². The topological polar surface area (TPSA) is 64.0 Å². The summed E-state index contributed by atoms with van der Waals surface area (Å²) in [6.45, 7) is 3.96. The van der Waals surface area contributed by atoms with Gasteiger partial charge in [-0.3, -0.25) is 9.59 Å². The van der Waals surface area contributed by atoms with E-state index in [4.69, 9.17) is 0 Å². The number of aromatic nitrogens is 2. The number of halogens is 1. The van der Waals surface area contributed by atoms with E-state index in [1.165, 1.54) is 5.56 Å². The van der Waals surface area contributed by atoms with Gasteiger partial charge in [0.25, 0.3) is 0 Å². The summed E-state index contributed by atoms with van der Waals surface area (Å²) in [6.07, 6.45) is 1.05. The van der Waals surface area contributed by atoms with E-state index in [0.29, 0.717) is 11.4 Å². The number of ketones is 1. The highest BCUT2D eigenvalue weighted by molar-refractivity contribution is 9.10. The summed E-state index contributed by atoms with van der Waals surface area (Å²) in [4.78, 5) is 25.6. The Kier molecular flexibility index (Phi) is 4.89. The number of rotatable bonds is 4. The molecule has 2 heterocycles. The molecule has 3 aromatic rings. The summed E-state index contributed by atoms with van der Waals surface area (Å²) in [5.41, 5.74) is 4.18. The number of Topliss-reactive ketones (excluding diaryl/α,β-unsaturated/α-hetero) is 1. The predicted octanol–water partition coefficient (Wildman–Crippen LogP) is 4.81. The average Bonchev–Trinajstić information content (AvgIpc) is 3.03. The maximum absolute atomic E-state index is 13.2. The van der Waals surface area contributed by atoms with Crippen molar-refractivity contribution < 1.29 is 9.59 Å². The molecule has 0 spiro atoms. The van der Waals surface area contributed by atoms with Gasteiger partial charge in [0.1, 0.15) is 5.82 Å². The monoisotopic (exact) mass is 437 g/mol. The van der Waals surface area contributed by atoms with Crippen molar-refractivity contribution in [3.8, 4) is 5.69 Å². The Morgan fingerprint density at radius 3 is 2.50 bits per heavy atom. The molecule has 142 valence electrons. The minimum atomic E-state index is -0.527. The van der Waals surface area contributed by atoms with Crippen molar-refractivity contribution in [1.82, 2.24) is 9.78 Å². The number of hydrogen-bond acceptors (Lipinski definition) is 3. The van der Waals surface area contributed by atoms with Crippen molar-refractivity contribution >= 4 is 33.4 Å². The lowest BCUT2D eigenvalue weighted by Crippen LogP contribution is -2.28. The Morgan fingerprint density at radius 2 is 1.86 bits per heavy atom. The number of hydrogen-bond donors (Lipinski definition) is 1. The van der Waals surface area contributed by atoms with Gasteiger partial charge in [-0.05, 0) is 43.2 Å². The molecule has 2 aromatic carbocycles. The van der Waals surface area contributed by atoms with Gasteiger partial charge in [-0.15, -0.1) is 0 Å². The first-order valence-corrected chi connectivity index (χ1v) is 10.1. The summed E-state index contributed by atoms with van der Waals surface area (Å²) in [7, 11) is 0. The Labute approximate surface area is 171 Å². The minimum Gasteiger partial charge on any atom is -0.310 e. The number of carbonyl (C=O) groups is 2. The second kappa shape index (κ2) is 7.36. The number of aryl methyl sites for hydroxylation is 2. The third-order valence-electron chi connectivity index (χ3n) is 5.14. The summed E-state index contributed by atoms with van der Waals surface area (Å²) < 4.78 is 2.66. The van der Waals surface area contributed by atoms with Gasteiger partial charge < -0.3 is 5.32 Å². The number of nitrogens with one attached hydrogen (secondary N) is 1. The van der Waals surface area contributed by atoms with Crippen molar-refractivity contribution in [2.75, 3.05) is 5.32 Å². The van der Waals surface area contributed by atoms with E-state index in [0.717, 1.165) is 27.8 Å². The largest absolute Gasteiger partial charge is 0.310 e. The molecular weight excluding hydrogens is 418 g/mol. The third-order valence-corrected chi connectivity index (χ3v) is 5.67. The molecule has 0 fully saturated rings. The lowest BCUT2D eigenvalue weighted by Gasteiger charge is -2.23. The standard InChI is InChI=1S/C22H20BrN3O2/c1-3-14-4-6-15(7-5-14)21(28)18-12-19(27)24-22-20(18)13(2)25-26(22)17-10-8-16(23)9-11-17/h4-11,18H,3,12H2,1-2H3,(H,24,27). The number of carbonyl (C=O) groups excluding carboxylic acids is 2. The molecule has 4 rings (SSSR count). The fourth-order valence-corrected chi connectivity index (χ4v) is 3.91. The summed E-state index contributed by atoms with van der Waals surface area (Å²) >= 11 is 3.43. The van der Waals surface area contributed by atoms with Gasteiger partial charge in [0.05, 0.1) is 17.3 Å². The van der Waals surface area contributed by atoms with E-state index in [-0.39, 0.29) is 18.1 Å². The molecule has 0 bridgehead atoms. The molecule has 1 amide bonds. The van der Waals surface area contributed by atoms with Gasteiger partial charge in [0, 0.05) is 22.0 Å². The minimum absolute atomic E-state index is 0.0443. The third kappa shape index (κ3) is 3.29. The molecule has 0 saturated carbocycles. The van der Waals surface area contributed by atoms with Gasteiger partial charge in [-0.2, -0.15) is 5.10 Å². The summed E-state index contributed by atoms with van der Waals surface area (Å²) in [6, 6.07) is 15.3. The van der Waals surface area contributed by atoms with Crippen molar-refractivity contribution in [2.24, 2.45) is 0 Å². The average molecular weight is 438 g/mol. The highest BCUT2D eigenvalue weighted by Gasteiger charge is 2.36. The molecule has 28 heavy (non-hydrogen) atoms. The molecule has 0 saturated heterocycles. The Bertz CT molecular complexity index is 1050. The van der Waals surface area contributed by atoms with Gasteiger partial charge in [-0.1, -0.05) is 47.1 Å². The molecule has 1 unspecified atom stereocenters. The van der Waals surface area contributed by atoms with Crippen LogP contribution in [-0.4, -0.2) is 21.5 Å². The van der Waals surface area contributed by atoms with Crippen LogP contribution < -0.4 is 5.32 Å². The lowest BCUT2D eigenvalue weighted by atomic mass is 9.85. The van der Waals surface area contributed by atoms with Crippen molar-refractivity contribution in [3.05, 3.63) is 75.4 Å². The van der Waals surface area contributed by atoms with Crippen molar-refractivity contribution in [1.29, 1.82) is 0 Å². The Balaban J connectivity index is 1.77. The fourth-order valence-electron chi connectivity index (χ4n) is 3.65. The zero-order valence-electron chi connectivity index (χ0n) is 15.7. The smallest absolute Gasteiger partial charge is 0.226 e. The molecular formula is C22H20BrN3O2. The molecule has 1 aromatic heterocycles. The van der Waals surface area contributed by atoms with E-state index in [2.05, 4.69) is 33.3 Å². The van der Waals surface area contributed by atoms with E-state index in [1.807, 2.05) is 55.5 Å². The highest BCUT2D eigenvalue weighted by Crippen LogP contribution is 2.38. The van der Waals surface area contributed by atoms with Gasteiger partial charge in [0.2, 0.25) is 5.91 Å². The van der Waals surface area contributed by atoms with E-state index in [1.54, 1.807) is 4.68 Å². The van der Waals surface area contributed by atoms with Crippen LogP contribution in [0, 0.1) is 6.92 Å². The second-order valence-corrected chi connectivity index (χ2v) is 7.87. The number of fused-ring (bicyclic) bond motifs is 1. The number of nitrogens with zero attached hydrogens (tertiary/aromatic N) is 2. The lowest BCUT2D eigenvalue weighted by molar-refractivity contribution is -0.116.